The lowest BCUT2D eigenvalue weighted by molar-refractivity contribution is -0.120. The maximum atomic E-state index is 12.4. The predicted octanol–water partition coefficient (Wildman–Crippen LogP) is 1.10. The molecule has 2 rings (SSSR count). The molecule has 4 N–H and O–H groups in total. The number of likely N-dealkylation sites (tertiary alicyclic amines) is 1. The van der Waals surface area contributed by atoms with Gasteiger partial charge in [-0.2, -0.15) is 0 Å². The fraction of sp³-hybridized carbons (Fsp3) is 0.500. The number of nitrogens with one attached hydrogen (secondary N) is 2. The molecule has 136 valence electrons. The van der Waals surface area contributed by atoms with Crippen LogP contribution in [-0.2, 0) is 4.79 Å². The summed E-state index contributed by atoms with van der Waals surface area (Å²) >= 11 is 0. The Morgan fingerprint density at radius 2 is 1.72 bits per heavy atom. The Morgan fingerprint density at radius 3 is 2.24 bits per heavy atom. The van der Waals surface area contributed by atoms with Crippen LogP contribution in [0, 0.1) is 5.92 Å². The van der Waals surface area contributed by atoms with Gasteiger partial charge in [-0.1, -0.05) is 32.0 Å². The normalized spacial score (nSPS) is 16.4. The summed E-state index contributed by atoms with van der Waals surface area (Å²) in [4.78, 5) is 37.6. The molecule has 0 spiro atoms. The lowest BCUT2D eigenvalue weighted by Crippen LogP contribution is -2.54. The Bertz CT molecular complexity index is 610. The number of carbonyl (C=O) groups is 3. The predicted molar refractivity (Wildman–Crippen MR) is 94.9 cm³/mol. The lowest BCUT2D eigenvalue weighted by atomic mass is 10.0. The summed E-state index contributed by atoms with van der Waals surface area (Å²) < 4.78 is 0. The third-order valence-electron chi connectivity index (χ3n) is 4.40. The van der Waals surface area contributed by atoms with E-state index in [4.69, 9.17) is 5.73 Å². The van der Waals surface area contributed by atoms with E-state index in [2.05, 4.69) is 10.6 Å². The molecule has 0 aliphatic carbocycles. The van der Waals surface area contributed by atoms with Crippen LogP contribution in [0.3, 0.4) is 0 Å². The maximum absolute atomic E-state index is 12.4. The number of rotatable bonds is 5. The van der Waals surface area contributed by atoms with E-state index in [-0.39, 0.29) is 17.9 Å². The van der Waals surface area contributed by atoms with Gasteiger partial charge in [0.25, 0.3) is 5.91 Å². The second-order valence-corrected chi connectivity index (χ2v) is 6.67. The number of hydrogen-bond donors (Lipinski definition) is 3. The molecular weight excluding hydrogens is 320 g/mol. The van der Waals surface area contributed by atoms with E-state index in [0.29, 0.717) is 31.5 Å². The van der Waals surface area contributed by atoms with Crippen molar-refractivity contribution in [1.82, 2.24) is 15.5 Å². The number of nitrogens with zero attached hydrogens (tertiary/aromatic N) is 1. The molecule has 1 aromatic rings. The zero-order valence-corrected chi connectivity index (χ0v) is 14.7. The molecule has 1 saturated heterocycles. The van der Waals surface area contributed by atoms with E-state index in [1.165, 1.54) is 0 Å². The van der Waals surface area contributed by atoms with E-state index in [9.17, 15) is 14.4 Å². The molecule has 0 bridgehead atoms. The van der Waals surface area contributed by atoms with Gasteiger partial charge in [-0.25, -0.2) is 4.79 Å². The van der Waals surface area contributed by atoms with Gasteiger partial charge in [0.05, 0.1) is 0 Å². The minimum atomic E-state index is -0.695. The molecular formula is C18H26N4O3. The van der Waals surface area contributed by atoms with Crippen LogP contribution in [0.1, 0.15) is 37.0 Å². The zero-order valence-electron chi connectivity index (χ0n) is 14.7. The van der Waals surface area contributed by atoms with Gasteiger partial charge in [-0.05, 0) is 30.9 Å². The van der Waals surface area contributed by atoms with Crippen molar-refractivity contribution in [3.63, 3.8) is 0 Å². The summed E-state index contributed by atoms with van der Waals surface area (Å²) in [5, 5.41) is 5.48. The Morgan fingerprint density at radius 1 is 1.12 bits per heavy atom. The van der Waals surface area contributed by atoms with Crippen molar-refractivity contribution in [2.45, 2.75) is 38.8 Å². The van der Waals surface area contributed by atoms with Gasteiger partial charge in [0.1, 0.15) is 6.04 Å². The smallest absolute Gasteiger partial charge is 0.315 e. The highest BCUT2D eigenvalue weighted by atomic mass is 16.2. The summed E-state index contributed by atoms with van der Waals surface area (Å²) in [6, 6.07) is 8.05. The topological polar surface area (TPSA) is 105 Å². The molecule has 1 heterocycles. The molecule has 4 amide bonds. The number of nitrogens with two attached hydrogens (primary N) is 1. The summed E-state index contributed by atoms with van der Waals surface area (Å²) in [5.41, 5.74) is 5.97. The highest BCUT2D eigenvalue weighted by Gasteiger charge is 2.26. The summed E-state index contributed by atoms with van der Waals surface area (Å²) in [6.45, 7) is 4.82. The van der Waals surface area contributed by atoms with Crippen molar-refractivity contribution in [3.05, 3.63) is 35.9 Å². The van der Waals surface area contributed by atoms with Crippen LogP contribution in [-0.4, -0.2) is 47.9 Å². The number of hydrogen-bond acceptors (Lipinski definition) is 3. The first-order valence-corrected chi connectivity index (χ1v) is 8.59. The number of benzene rings is 1. The van der Waals surface area contributed by atoms with Crippen molar-refractivity contribution >= 4 is 17.8 Å². The number of carbonyl (C=O) groups excluding carboxylic acids is 3. The van der Waals surface area contributed by atoms with Gasteiger partial charge >= 0.3 is 6.03 Å². The van der Waals surface area contributed by atoms with Gasteiger partial charge in [0, 0.05) is 24.7 Å². The number of amides is 4. The minimum Gasteiger partial charge on any atom is -0.368 e. The Kier molecular flexibility index (Phi) is 6.38. The van der Waals surface area contributed by atoms with Crippen molar-refractivity contribution in [2.24, 2.45) is 11.7 Å². The SMILES string of the molecule is CC(C)C(NC(=O)NC1CCN(C(=O)c2ccccc2)CC1)C(N)=O. The second kappa shape index (κ2) is 8.50. The fourth-order valence-corrected chi connectivity index (χ4v) is 2.92. The standard InChI is InChI=1S/C18H26N4O3/c1-12(2)15(16(19)23)21-18(25)20-14-8-10-22(11-9-14)17(24)13-6-4-3-5-7-13/h3-7,12,14-15H,8-11H2,1-2H3,(H2,19,23)(H2,20,21,25). The van der Waals surface area contributed by atoms with Gasteiger partial charge in [0.15, 0.2) is 0 Å². The largest absolute Gasteiger partial charge is 0.368 e. The van der Waals surface area contributed by atoms with E-state index in [1.54, 1.807) is 17.0 Å². The molecule has 1 aromatic carbocycles. The van der Waals surface area contributed by atoms with Crippen LogP contribution in [0.5, 0.6) is 0 Å². The van der Waals surface area contributed by atoms with Crippen molar-refractivity contribution in [3.8, 4) is 0 Å². The van der Waals surface area contributed by atoms with Crippen LogP contribution in [0.2, 0.25) is 0 Å². The van der Waals surface area contributed by atoms with Gasteiger partial charge in [0.2, 0.25) is 5.91 Å². The van der Waals surface area contributed by atoms with Gasteiger partial charge in [-0.3, -0.25) is 9.59 Å². The van der Waals surface area contributed by atoms with Crippen LogP contribution >= 0.6 is 0 Å². The summed E-state index contributed by atoms with van der Waals surface area (Å²) in [5.74, 6) is -0.612. The Labute approximate surface area is 147 Å². The van der Waals surface area contributed by atoms with E-state index in [1.807, 2.05) is 32.0 Å². The molecule has 1 aliphatic rings. The first-order chi connectivity index (χ1) is 11.9. The summed E-state index contributed by atoms with van der Waals surface area (Å²) in [6.07, 6.45) is 1.35. The van der Waals surface area contributed by atoms with Crippen LogP contribution in [0.25, 0.3) is 0 Å². The molecule has 7 nitrogen and oxygen atoms in total. The second-order valence-electron chi connectivity index (χ2n) is 6.67. The van der Waals surface area contributed by atoms with Crippen LogP contribution in [0.4, 0.5) is 4.79 Å². The zero-order chi connectivity index (χ0) is 18.4. The van der Waals surface area contributed by atoms with Crippen molar-refractivity contribution in [1.29, 1.82) is 0 Å². The molecule has 1 unspecified atom stereocenters. The minimum absolute atomic E-state index is 0.0112. The molecule has 0 aromatic heterocycles. The Hall–Kier alpha value is -2.57. The lowest BCUT2D eigenvalue weighted by Gasteiger charge is -2.33. The average molecular weight is 346 g/mol. The summed E-state index contributed by atoms with van der Waals surface area (Å²) in [7, 11) is 0. The van der Waals surface area contributed by atoms with E-state index in [0.717, 1.165) is 0 Å². The van der Waals surface area contributed by atoms with E-state index >= 15 is 0 Å². The number of urea groups is 1. The highest BCUT2D eigenvalue weighted by Crippen LogP contribution is 2.14. The third kappa shape index (κ3) is 5.20. The number of primary amides is 1. The Balaban J connectivity index is 1.81. The van der Waals surface area contributed by atoms with Gasteiger partial charge in [-0.15, -0.1) is 0 Å². The quantitative estimate of drug-likeness (QED) is 0.743. The molecule has 1 atom stereocenters. The molecule has 1 fully saturated rings. The molecule has 0 saturated carbocycles. The molecule has 0 radical (unpaired) electrons. The molecule has 7 heteroatoms. The third-order valence-corrected chi connectivity index (χ3v) is 4.40. The monoisotopic (exact) mass is 346 g/mol. The number of piperidine rings is 1. The fourth-order valence-electron chi connectivity index (χ4n) is 2.92. The maximum Gasteiger partial charge on any atom is 0.315 e. The highest BCUT2D eigenvalue weighted by molar-refractivity contribution is 5.94. The van der Waals surface area contributed by atoms with Crippen LogP contribution in [0.15, 0.2) is 30.3 Å². The van der Waals surface area contributed by atoms with Crippen molar-refractivity contribution in [2.75, 3.05) is 13.1 Å². The van der Waals surface area contributed by atoms with Crippen LogP contribution < -0.4 is 16.4 Å². The molecule has 25 heavy (non-hydrogen) atoms. The van der Waals surface area contributed by atoms with Gasteiger partial charge < -0.3 is 21.3 Å². The molecule has 1 aliphatic heterocycles. The first kappa shape index (κ1) is 18.8. The first-order valence-electron chi connectivity index (χ1n) is 8.59. The average Bonchev–Trinajstić information content (AvgIpc) is 2.60. The van der Waals surface area contributed by atoms with Crippen molar-refractivity contribution < 1.29 is 14.4 Å². The van der Waals surface area contributed by atoms with E-state index < -0.39 is 18.0 Å².